The number of nitrogens with zero attached hydrogens (tertiary/aromatic N) is 2. The second-order valence-electron chi connectivity index (χ2n) is 5.63. The van der Waals surface area contributed by atoms with Crippen LogP contribution in [0.1, 0.15) is 17.2 Å². The molecule has 2 aromatic carbocycles. The summed E-state index contributed by atoms with van der Waals surface area (Å²) in [5, 5.41) is 8.13. The number of hydrogen-bond acceptors (Lipinski definition) is 3. The van der Waals surface area contributed by atoms with Crippen LogP contribution in [-0.2, 0) is 0 Å². The van der Waals surface area contributed by atoms with E-state index in [2.05, 4.69) is 33.4 Å². The number of aromatic amines is 1. The quantitative estimate of drug-likeness (QED) is 0.575. The largest absolute Gasteiger partial charge is 0.480 e. The van der Waals surface area contributed by atoms with E-state index >= 15 is 0 Å². The zero-order valence-electron chi connectivity index (χ0n) is 12.2. The van der Waals surface area contributed by atoms with Crippen LogP contribution in [0.5, 0.6) is 5.75 Å². The zero-order chi connectivity index (χ0) is 15.2. The summed E-state index contributed by atoms with van der Waals surface area (Å²) >= 11 is 0. The number of aromatic nitrogens is 3. The molecule has 1 atom stereocenters. The Hall–Kier alpha value is -3.14. The number of rotatable bonds is 1. The molecular weight excluding hydrogens is 286 g/mol. The Labute approximate surface area is 132 Å². The number of hydrogen-bond donors (Lipinski definition) is 1. The maximum absolute atomic E-state index is 6.30. The van der Waals surface area contributed by atoms with Gasteiger partial charge in [-0.05, 0) is 11.6 Å². The van der Waals surface area contributed by atoms with Crippen LogP contribution in [0, 0.1) is 0 Å². The van der Waals surface area contributed by atoms with Crippen LogP contribution in [0.25, 0.3) is 22.2 Å². The van der Waals surface area contributed by atoms with E-state index in [1.54, 1.807) is 0 Å². The van der Waals surface area contributed by atoms with E-state index < -0.39 is 0 Å². The minimum atomic E-state index is -0.159. The van der Waals surface area contributed by atoms with Crippen LogP contribution in [0.3, 0.4) is 0 Å². The van der Waals surface area contributed by atoms with Gasteiger partial charge in [-0.3, -0.25) is 5.10 Å². The summed E-state index contributed by atoms with van der Waals surface area (Å²) in [5.41, 5.74) is 5.23. The highest BCUT2D eigenvalue weighted by Crippen LogP contribution is 2.46. The molecule has 23 heavy (non-hydrogen) atoms. The molecule has 0 fully saturated rings. The SMILES string of the molecule is c1ccc(C2Oc3ccccc3-c3c2cnc2[nH]ncc32)cc1. The highest BCUT2D eigenvalue weighted by Gasteiger charge is 2.29. The lowest BCUT2D eigenvalue weighted by molar-refractivity contribution is 0.243. The van der Waals surface area contributed by atoms with Crippen LogP contribution in [0.15, 0.2) is 67.0 Å². The predicted octanol–water partition coefficient (Wildman–Crippen LogP) is 4.11. The van der Waals surface area contributed by atoms with Crippen molar-refractivity contribution in [2.24, 2.45) is 0 Å². The molecule has 0 amide bonds. The van der Waals surface area contributed by atoms with Gasteiger partial charge in [-0.25, -0.2) is 4.98 Å². The molecule has 1 N–H and O–H groups in total. The summed E-state index contributed by atoms with van der Waals surface area (Å²) in [4.78, 5) is 4.51. The Bertz CT molecular complexity index is 1010. The minimum absolute atomic E-state index is 0.159. The lowest BCUT2D eigenvalue weighted by Gasteiger charge is -2.29. The van der Waals surface area contributed by atoms with Crippen molar-refractivity contribution in [1.82, 2.24) is 15.2 Å². The zero-order valence-corrected chi connectivity index (χ0v) is 12.2. The lowest BCUT2D eigenvalue weighted by atomic mass is 9.89. The van der Waals surface area contributed by atoms with Gasteiger partial charge in [0.15, 0.2) is 11.8 Å². The van der Waals surface area contributed by atoms with E-state index in [9.17, 15) is 0 Å². The Morgan fingerprint density at radius 3 is 2.65 bits per heavy atom. The third kappa shape index (κ3) is 1.78. The van der Waals surface area contributed by atoms with Gasteiger partial charge in [0.2, 0.25) is 0 Å². The van der Waals surface area contributed by atoms with Crippen LogP contribution < -0.4 is 4.74 Å². The molecule has 5 rings (SSSR count). The number of ether oxygens (including phenoxy) is 1. The summed E-state index contributed by atoms with van der Waals surface area (Å²) in [6.07, 6.45) is 3.57. The summed E-state index contributed by atoms with van der Waals surface area (Å²) in [6, 6.07) is 18.4. The first kappa shape index (κ1) is 12.4. The molecule has 4 aromatic rings. The normalized spacial score (nSPS) is 15.7. The fraction of sp³-hybridized carbons (Fsp3) is 0.0526. The average Bonchev–Trinajstić information content (AvgIpc) is 3.10. The van der Waals surface area contributed by atoms with Crippen molar-refractivity contribution in [3.63, 3.8) is 0 Å². The van der Waals surface area contributed by atoms with Crippen molar-refractivity contribution in [1.29, 1.82) is 0 Å². The fourth-order valence-electron chi connectivity index (χ4n) is 3.26. The van der Waals surface area contributed by atoms with Gasteiger partial charge in [-0.15, -0.1) is 0 Å². The molecule has 3 heterocycles. The third-order valence-corrected chi connectivity index (χ3v) is 4.30. The van der Waals surface area contributed by atoms with Gasteiger partial charge in [0.1, 0.15) is 5.75 Å². The molecule has 0 radical (unpaired) electrons. The average molecular weight is 299 g/mol. The van der Waals surface area contributed by atoms with Crippen molar-refractivity contribution in [3.8, 4) is 16.9 Å². The summed E-state index contributed by atoms with van der Waals surface area (Å²) < 4.78 is 6.30. The highest BCUT2D eigenvalue weighted by molar-refractivity contribution is 5.96. The Kier molecular flexibility index (Phi) is 2.52. The molecule has 2 aromatic heterocycles. The number of pyridine rings is 1. The first-order valence-electron chi connectivity index (χ1n) is 7.55. The molecule has 1 aliphatic heterocycles. The van der Waals surface area contributed by atoms with Crippen molar-refractivity contribution >= 4 is 11.0 Å². The lowest BCUT2D eigenvalue weighted by Crippen LogP contribution is -2.15. The number of fused-ring (bicyclic) bond motifs is 5. The highest BCUT2D eigenvalue weighted by atomic mass is 16.5. The van der Waals surface area contributed by atoms with E-state index in [1.807, 2.05) is 48.8 Å². The summed E-state index contributed by atoms with van der Waals surface area (Å²) in [7, 11) is 0. The first-order chi connectivity index (χ1) is 11.4. The molecule has 0 bridgehead atoms. The minimum Gasteiger partial charge on any atom is -0.480 e. The van der Waals surface area contributed by atoms with Crippen molar-refractivity contribution < 1.29 is 4.74 Å². The van der Waals surface area contributed by atoms with Gasteiger partial charge in [0.05, 0.1) is 6.20 Å². The summed E-state index contributed by atoms with van der Waals surface area (Å²) in [5.74, 6) is 0.891. The number of para-hydroxylation sites is 1. The number of benzene rings is 2. The maximum Gasteiger partial charge on any atom is 0.155 e. The van der Waals surface area contributed by atoms with E-state index in [-0.39, 0.29) is 6.10 Å². The van der Waals surface area contributed by atoms with Crippen LogP contribution in [0.4, 0.5) is 0 Å². The predicted molar refractivity (Wildman–Crippen MR) is 88.2 cm³/mol. The Balaban J connectivity index is 1.85. The van der Waals surface area contributed by atoms with E-state index in [0.717, 1.165) is 39.0 Å². The fourth-order valence-corrected chi connectivity index (χ4v) is 3.26. The second-order valence-corrected chi connectivity index (χ2v) is 5.63. The molecular formula is C19H13N3O. The molecule has 4 heteroatoms. The van der Waals surface area contributed by atoms with E-state index in [4.69, 9.17) is 4.74 Å². The molecule has 0 aliphatic carbocycles. The second kappa shape index (κ2) is 4.68. The van der Waals surface area contributed by atoms with Crippen LogP contribution in [0.2, 0.25) is 0 Å². The molecule has 4 nitrogen and oxygen atoms in total. The van der Waals surface area contributed by atoms with E-state index in [1.165, 1.54) is 0 Å². The van der Waals surface area contributed by atoms with Gasteiger partial charge < -0.3 is 4.74 Å². The Morgan fingerprint density at radius 2 is 1.74 bits per heavy atom. The molecule has 1 aliphatic rings. The standard InChI is InChI=1S/C19H13N3O/c1-2-6-12(7-3-1)18-14-10-20-19-15(11-21-22-19)17(14)13-8-4-5-9-16(13)23-18/h1-11,18H,(H,20,21,22). The maximum atomic E-state index is 6.30. The van der Waals surface area contributed by atoms with Gasteiger partial charge in [0, 0.05) is 28.3 Å². The van der Waals surface area contributed by atoms with Crippen molar-refractivity contribution in [2.45, 2.75) is 6.10 Å². The Morgan fingerprint density at radius 1 is 0.913 bits per heavy atom. The van der Waals surface area contributed by atoms with Gasteiger partial charge in [-0.2, -0.15) is 5.10 Å². The topological polar surface area (TPSA) is 50.8 Å². The molecule has 110 valence electrons. The summed E-state index contributed by atoms with van der Waals surface area (Å²) in [6.45, 7) is 0. The third-order valence-electron chi connectivity index (χ3n) is 4.30. The van der Waals surface area contributed by atoms with Crippen LogP contribution in [-0.4, -0.2) is 15.2 Å². The smallest absolute Gasteiger partial charge is 0.155 e. The molecule has 0 saturated heterocycles. The van der Waals surface area contributed by atoms with Gasteiger partial charge in [0.25, 0.3) is 0 Å². The van der Waals surface area contributed by atoms with Gasteiger partial charge >= 0.3 is 0 Å². The van der Waals surface area contributed by atoms with Crippen molar-refractivity contribution in [3.05, 3.63) is 78.1 Å². The van der Waals surface area contributed by atoms with Crippen molar-refractivity contribution in [2.75, 3.05) is 0 Å². The molecule has 0 saturated carbocycles. The first-order valence-corrected chi connectivity index (χ1v) is 7.55. The number of nitrogens with one attached hydrogen (secondary N) is 1. The monoisotopic (exact) mass is 299 g/mol. The molecule has 0 spiro atoms. The van der Waals surface area contributed by atoms with Crippen LogP contribution >= 0.6 is 0 Å². The number of H-pyrrole nitrogens is 1. The molecule has 1 unspecified atom stereocenters. The van der Waals surface area contributed by atoms with Gasteiger partial charge in [-0.1, -0.05) is 48.5 Å². The van der Waals surface area contributed by atoms with E-state index in [0.29, 0.717) is 0 Å².